The third kappa shape index (κ3) is 14.6. The summed E-state index contributed by atoms with van der Waals surface area (Å²) in [6.45, 7) is 34.4. The lowest BCUT2D eigenvalue weighted by Crippen LogP contribution is -2.62. The zero-order valence-electron chi connectivity index (χ0n) is 52.1. The summed E-state index contributed by atoms with van der Waals surface area (Å²) < 4.78 is 100. The molecule has 0 N–H and O–H groups in total. The van der Waals surface area contributed by atoms with Gasteiger partial charge in [-0.3, -0.25) is 4.79 Å². The molecule has 18 heteroatoms. The Morgan fingerprint density at radius 2 is 1.48 bits per heavy atom. The van der Waals surface area contributed by atoms with Crippen LogP contribution in [0.2, 0.25) is 36.3 Å². The molecule has 0 spiro atoms. The van der Waals surface area contributed by atoms with Crippen LogP contribution in [-0.4, -0.2) is 140 Å². The van der Waals surface area contributed by atoms with E-state index in [0.717, 1.165) is 49.6 Å². The van der Waals surface area contributed by atoms with E-state index in [1.165, 1.54) is 0 Å². The van der Waals surface area contributed by atoms with E-state index >= 15 is 13.2 Å². The molecule has 14 nitrogen and oxygen atoms in total. The van der Waals surface area contributed by atoms with Crippen LogP contribution >= 0.6 is 15.9 Å². The van der Waals surface area contributed by atoms with Crippen molar-refractivity contribution >= 4 is 54.2 Å². The first-order valence-corrected chi connectivity index (χ1v) is 39.6. The second-order valence-electron chi connectivity index (χ2n) is 27.5. The van der Waals surface area contributed by atoms with Gasteiger partial charge in [0.2, 0.25) is 0 Å². The van der Waals surface area contributed by atoms with E-state index in [9.17, 15) is 4.79 Å². The molecule has 8 saturated heterocycles. The van der Waals surface area contributed by atoms with Crippen LogP contribution in [0.15, 0.2) is 88.8 Å². The smallest absolute Gasteiger partial charge is 0.338 e. The molecule has 0 saturated carbocycles. The minimum Gasteiger partial charge on any atom is -0.458 e. The Bertz CT molecular complexity index is 2680. The molecule has 8 aliphatic heterocycles. The van der Waals surface area contributed by atoms with E-state index in [4.69, 9.17) is 46.7 Å². The Kier molecular flexibility index (Phi) is 21.5. The first-order valence-electron chi connectivity index (χ1n) is 31.8. The summed E-state index contributed by atoms with van der Waals surface area (Å²) in [7, 11) is -8.13. The predicted molar refractivity (Wildman–Crippen MR) is 334 cm³/mol. The SMILES string of the molecule is C=C(Br)C[C@@H](CC[C@@]12C[C@H]3O[C@H]4[C@@H](O1)[C@H]1O[C@@H](CC(=O)C([C@H]5C(C[C@H]6O[C@@H](CCCO[Si](CC)(CC)CC)C[C@@H](C)C6=C)O[C@H](C[C@H](C)CO[Si](C)(C)C(C)(C)C)[C@@H]5C)S(=O)(=O)c5ccccc5)CC[C@@H]1O[C@H]4C3O2)OC(=O)c1ccccc1. The van der Waals surface area contributed by atoms with Crippen LogP contribution in [0.4, 0.5) is 0 Å². The molecule has 8 heterocycles. The summed E-state index contributed by atoms with van der Waals surface area (Å²) in [5.74, 6) is -2.67. The van der Waals surface area contributed by atoms with Gasteiger partial charge in [-0.05, 0) is 133 Å². The Balaban J connectivity index is 0.961. The van der Waals surface area contributed by atoms with Gasteiger partial charge in [-0.15, -0.1) is 0 Å². The molecule has 6 bridgehead atoms. The van der Waals surface area contributed by atoms with Gasteiger partial charge in [-0.2, -0.15) is 0 Å². The molecule has 8 fully saturated rings. The molecule has 0 amide bonds. The van der Waals surface area contributed by atoms with E-state index in [0.29, 0.717) is 68.0 Å². The number of rotatable bonds is 28. The summed E-state index contributed by atoms with van der Waals surface area (Å²) >= 11 is 3.50. The van der Waals surface area contributed by atoms with Gasteiger partial charge < -0.3 is 46.7 Å². The maximum absolute atomic E-state index is 15.8. The van der Waals surface area contributed by atoms with Crippen LogP contribution in [0.3, 0.4) is 0 Å². The van der Waals surface area contributed by atoms with Crippen LogP contribution in [0.25, 0.3) is 0 Å². The van der Waals surface area contributed by atoms with Crippen LogP contribution < -0.4 is 0 Å². The molecule has 468 valence electrons. The number of carbonyl (C=O) groups is 2. The number of Topliss-reactive ketones (excluding diaryl/α,β-unsaturated/α-hetero) is 1. The first-order chi connectivity index (χ1) is 39.8. The number of hydrogen-bond acceptors (Lipinski definition) is 14. The zero-order valence-corrected chi connectivity index (χ0v) is 56.5. The van der Waals surface area contributed by atoms with Gasteiger partial charge in [-0.25, -0.2) is 13.2 Å². The van der Waals surface area contributed by atoms with Crippen LogP contribution in [0.5, 0.6) is 0 Å². The molecular weight excluding hydrogens is 1180 g/mol. The fraction of sp³-hybridized carbons (Fsp3) is 0.727. The highest BCUT2D eigenvalue weighted by Crippen LogP contribution is 2.55. The summed E-state index contributed by atoms with van der Waals surface area (Å²) in [5.41, 5.74) is 1.44. The maximum atomic E-state index is 15.8. The average molecular weight is 1280 g/mol. The van der Waals surface area contributed by atoms with Crippen LogP contribution in [0, 0.1) is 23.7 Å². The minimum absolute atomic E-state index is 0.0242. The largest absolute Gasteiger partial charge is 0.458 e. The predicted octanol–water partition coefficient (Wildman–Crippen LogP) is 13.7. The summed E-state index contributed by atoms with van der Waals surface area (Å²) in [4.78, 5) is 29.2. The van der Waals surface area contributed by atoms with Crippen molar-refractivity contribution < 1.29 is 64.8 Å². The number of esters is 1. The number of hydrogen-bond donors (Lipinski definition) is 0. The van der Waals surface area contributed by atoms with Crippen molar-refractivity contribution in [3.8, 4) is 0 Å². The van der Waals surface area contributed by atoms with Crippen molar-refractivity contribution in [2.24, 2.45) is 23.7 Å². The van der Waals surface area contributed by atoms with Crippen molar-refractivity contribution in [3.63, 3.8) is 0 Å². The van der Waals surface area contributed by atoms with Gasteiger partial charge in [0.25, 0.3) is 0 Å². The summed E-state index contributed by atoms with van der Waals surface area (Å²) in [6, 6.07) is 20.7. The zero-order chi connectivity index (χ0) is 60.5. The van der Waals surface area contributed by atoms with Gasteiger partial charge in [0.1, 0.15) is 41.9 Å². The van der Waals surface area contributed by atoms with E-state index in [1.54, 1.807) is 54.6 Å². The number of ether oxygens (including phenoxy) is 8. The van der Waals surface area contributed by atoms with Crippen molar-refractivity contribution in [2.45, 2.75) is 271 Å². The lowest BCUT2D eigenvalue weighted by atomic mass is 9.78. The highest BCUT2D eigenvalue weighted by Gasteiger charge is 2.69. The van der Waals surface area contributed by atoms with Crippen molar-refractivity contribution in [1.82, 2.24) is 0 Å². The topological polar surface area (TPSA) is 161 Å². The van der Waals surface area contributed by atoms with Gasteiger partial charge in [-0.1, -0.05) is 128 Å². The Labute approximate surface area is 513 Å². The normalized spacial score (nSPS) is 34.2. The molecule has 19 atom stereocenters. The number of carbonyl (C=O) groups excluding carboxylic acids is 2. The van der Waals surface area contributed by atoms with Gasteiger partial charge >= 0.3 is 5.97 Å². The van der Waals surface area contributed by atoms with E-state index in [2.05, 4.69) is 104 Å². The number of sulfone groups is 1. The number of benzene rings is 2. The Hall–Kier alpha value is -2.44. The molecule has 10 rings (SSSR count). The molecule has 3 unspecified atom stereocenters. The molecule has 84 heavy (non-hydrogen) atoms. The van der Waals surface area contributed by atoms with Crippen molar-refractivity contribution in [3.05, 3.63) is 89.4 Å². The van der Waals surface area contributed by atoms with Gasteiger partial charge in [0.05, 0.1) is 53.2 Å². The first kappa shape index (κ1) is 66.0. The second-order valence-corrected chi connectivity index (χ2v) is 40.2. The Morgan fingerprint density at radius 1 is 0.821 bits per heavy atom. The van der Waals surface area contributed by atoms with Crippen LogP contribution in [-0.2, 0) is 61.4 Å². The minimum atomic E-state index is -4.32. The number of halogens is 1. The average Bonchev–Trinajstić information content (AvgIpc) is 1.59. The highest BCUT2D eigenvalue weighted by atomic mass is 79.9. The van der Waals surface area contributed by atoms with Gasteiger partial charge in [0.15, 0.2) is 38.0 Å². The van der Waals surface area contributed by atoms with Crippen molar-refractivity contribution in [2.75, 3.05) is 13.2 Å². The fourth-order valence-corrected chi connectivity index (χ4v) is 20.7. The molecule has 2 aromatic rings. The summed E-state index contributed by atoms with van der Waals surface area (Å²) in [5, 5.41) is -1.41. The molecule has 0 radical (unpaired) electrons. The summed E-state index contributed by atoms with van der Waals surface area (Å²) in [6.07, 6.45) is 0.623. The van der Waals surface area contributed by atoms with E-state index < -0.39 is 97.9 Å². The number of fused-ring (bicyclic) bond motifs is 1. The third-order valence-corrected chi connectivity index (χ3v) is 32.4. The standard InChI is InChI=1S/C66H99BrO14SSi2/c1-14-84(15-2,16-3)72-33-23-26-47-35-42(5)44(7)54(74-47)38-55-57(45(8)53(77-55)34-41(4)40-73-83(12,13)65(9,10)11)63(82(70,71)50-27-21-18-22-28-50)51(68)37-48-29-30-52-58(75-48)62-61-60(78-52)59-56(79-61)39-66(80-59,81-62)32-31-49(36-43(6)67)76-64(69)46-24-19-17-20-25-46/h17-22,24-25,27-28,41-42,45,47-49,52-63H,6-7,14-16,23,26,29-40H2,1-5,8-13H3/t41-,42+,45-,47-,48+,49+,52-,53+,54+,55?,56+,57+,58-,59?,60-,61+,62-,63?,66-/m0/s1. The van der Waals surface area contributed by atoms with E-state index in [-0.39, 0.29) is 70.7 Å². The molecule has 8 aliphatic rings. The maximum Gasteiger partial charge on any atom is 0.338 e. The second kappa shape index (κ2) is 27.3. The van der Waals surface area contributed by atoms with E-state index in [1.807, 2.05) is 6.07 Å². The lowest BCUT2D eigenvalue weighted by Gasteiger charge is -2.47. The molecule has 0 aromatic heterocycles. The van der Waals surface area contributed by atoms with Crippen LogP contribution in [0.1, 0.15) is 150 Å². The van der Waals surface area contributed by atoms with Crippen molar-refractivity contribution in [1.29, 1.82) is 0 Å². The third-order valence-electron chi connectivity index (χ3n) is 20.7. The number of ketones is 1. The fourth-order valence-electron chi connectivity index (χ4n) is 14.5. The van der Waals surface area contributed by atoms with Gasteiger partial charge in [0, 0.05) is 51.2 Å². The monoisotopic (exact) mass is 1280 g/mol. The molecule has 2 aromatic carbocycles. The molecular formula is C66H99BrO14SSi2. The molecule has 0 aliphatic carbocycles. The quantitative estimate of drug-likeness (QED) is 0.0342. The Morgan fingerprint density at radius 3 is 2.14 bits per heavy atom. The highest BCUT2D eigenvalue weighted by molar-refractivity contribution is 9.11. The lowest BCUT2D eigenvalue weighted by molar-refractivity contribution is -0.292.